The molecule has 1 N–H and O–H groups in total. The fourth-order valence-electron chi connectivity index (χ4n) is 3.06. The van der Waals surface area contributed by atoms with E-state index in [1.807, 2.05) is 6.20 Å². The summed E-state index contributed by atoms with van der Waals surface area (Å²) in [5.41, 5.74) is 2.43. The quantitative estimate of drug-likeness (QED) is 0.588. The van der Waals surface area contributed by atoms with Crippen LogP contribution in [-0.2, 0) is 0 Å². The number of pyridine rings is 1. The van der Waals surface area contributed by atoms with Crippen molar-refractivity contribution in [2.24, 2.45) is 0 Å². The molecule has 4 aromatic rings. The van der Waals surface area contributed by atoms with Gasteiger partial charge in [0.05, 0.1) is 6.26 Å². The Hall–Kier alpha value is -3.48. The summed E-state index contributed by atoms with van der Waals surface area (Å²) in [7, 11) is 0. The molecule has 0 unspecified atom stereocenters. The van der Waals surface area contributed by atoms with Crippen LogP contribution in [0.5, 0.6) is 0 Å². The van der Waals surface area contributed by atoms with Crippen molar-refractivity contribution in [3.8, 4) is 5.69 Å². The van der Waals surface area contributed by atoms with Gasteiger partial charge in [0.15, 0.2) is 11.4 Å². The minimum atomic E-state index is -0.443. The van der Waals surface area contributed by atoms with Gasteiger partial charge in [-0.2, -0.15) is 0 Å². The summed E-state index contributed by atoms with van der Waals surface area (Å²) in [4.78, 5) is 16.5. The highest BCUT2D eigenvalue weighted by Gasteiger charge is 2.24. The van der Waals surface area contributed by atoms with Crippen LogP contribution in [0, 0.1) is 5.82 Å². The molecule has 0 spiro atoms. The summed E-state index contributed by atoms with van der Waals surface area (Å²) in [6.45, 7) is 0. The molecule has 5 rings (SSSR count). The van der Waals surface area contributed by atoms with Gasteiger partial charge >= 0.3 is 0 Å². The predicted molar refractivity (Wildman–Crippen MR) is 97.5 cm³/mol. The fraction of sp³-hybridized carbons (Fsp3) is 0.150. The predicted octanol–water partition coefficient (Wildman–Crippen LogP) is 4.28. The number of aromatic nitrogens is 3. The minimum absolute atomic E-state index is 0.183. The maximum Gasteiger partial charge on any atom is 0.291 e. The number of carbonyl (C=O) groups is 1. The van der Waals surface area contributed by atoms with E-state index in [0.29, 0.717) is 17.3 Å². The molecule has 0 aliphatic heterocycles. The largest absolute Gasteiger partial charge is 0.459 e. The Kier molecular flexibility index (Phi) is 3.53. The number of hydrogen-bond acceptors (Lipinski definition) is 4. The van der Waals surface area contributed by atoms with E-state index in [1.54, 1.807) is 18.3 Å². The zero-order chi connectivity index (χ0) is 18.4. The van der Waals surface area contributed by atoms with Crippen LogP contribution in [0.2, 0.25) is 0 Å². The smallest absolute Gasteiger partial charge is 0.291 e. The van der Waals surface area contributed by atoms with Crippen LogP contribution in [0.15, 0.2) is 59.5 Å². The van der Waals surface area contributed by atoms with Gasteiger partial charge in [-0.15, -0.1) is 5.10 Å². The summed E-state index contributed by atoms with van der Waals surface area (Å²) in [6.07, 6.45) is 7.39. The van der Waals surface area contributed by atoms with Crippen molar-refractivity contribution in [2.75, 3.05) is 5.32 Å². The number of nitrogens with zero attached hydrogens (tertiary/aromatic N) is 3. The van der Waals surface area contributed by atoms with Gasteiger partial charge in [-0.05, 0) is 60.7 Å². The van der Waals surface area contributed by atoms with E-state index in [0.717, 1.165) is 5.39 Å². The van der Waals surface area contributed by atoms with Gasteiger partial charge in [-0.25, -0.2) is 14.1 Å². The maximum atomic E-state index is 14.4. The molecular weight excluding hydrogens is 347 g/mol. The molecule has 1 amide bonds. The van der Waals surface area contributed by atoms with Crippen LogP contribution in [0.3, 0.4) is 0 Å². The van der Waals surface area contributed by atoms with E-state index < -0.39 is 11.7 Å². The molecule has 0 radical (unpaired) electrons. The molecular formula is C20H15FN4O2. The summed E-state index contributed by atoms with van der Waals surface area (Å²) < 4.78 is 20.9. The third kappa shape index (κ3) is 2.97. The van der Waals surface area contributed by atoms with Crippen molar-refractivity contribution in [3.05, 3.63) is 72.2 Å². The number of hydrogen-bond donors (Lipinski definition) is 1. The first-order valence-corrected chi connectivity index (χ1v) is 8.67. The average molecular weight is 362 g/mol. The Morgan fingerprint density at radius 1 is 1.26 bits per heavy atom. The van der Waals surface area contributed by atoms with Crippen LogP contribution in [-0.4, -0.2) is 20.7 Å². The Labute approximate surface area is 153 Å². The Bertz CT molecular complexity index is 1150. The van der Waals surface area contributed by atoms with Gasteiger partial charge < -0.3 is 9.73 Å². The molecule has 1 aliphatic carbocycles. The van der Waals surface area contributed by atoms with E-state index >= 15 is 0 Å². The number of benzene rings is 1. The van der Waals surface area contributed by atoms with Gasteiger partial charge in [0.25, 0.3) is 5.91 Å². The van der Waals surface area contributed by atoms with Crippen LogP contribution >= 0.6 is 0 Å². The molecule has 6 nitrogen and oxygen atoms in total. The number of rotatable bonds is 4. The molecule has 3 heterocycles. The van der Waals surface area contributed by atoms with Crippen LogP contribution in [0.4, 0.5) is 10.1 Å². The zero-order valence-electron chi connectivity index (χ0n) is 14.2. The third-order valence-electron chi connectivity index (χ3n) is 4.62. The van der Waals surface area contributed by atoms with E-state index in [-0.39, 0.29) is 11.4 Å². The standard InChI is InChI=1S/C20H15FN4O2/c21-16-6-5-15(23-20(26)18-2-1-7-27-18)9-17(16)25-11-14-8-13(12-3-4-12)10-22-19(14)24-25/h1-2,5-12H,3-4H2,(H,23,26). The van der Waals surface area contributed by atoms with Crippen molar-refractivity contribution >= 4 is 22.6 Å². The molecule has 1 aliphatic rings. The highest BCUT2D eigenvalue weighted by atomic mass is 19.1. The molecule has 134 valence electrons. The first kappa shape index (κ1) is 15.7. The number of amides is 1. The molecule has 27 heavy (non-hydrogen) atoms. The van der Waals surface area contributed by atoms with Crippen molar-refractivity contribution in [1.82, 2.24) is 14.8 Å². The number of halogens is 1. The number of nitrogens with one attached hydrogen (secondary N) is 1. The summed E-state index contributed by atoms with van der Waals surface area (Å²) >= 11 is 0. The molecule has 0 atom stereocenters. The van der Waals surface area contributed by atoms with Crippen molar-refractivity contribution in [1.29, 1.82) is 0 Å². The molecule has 1 fully saturated rings. The lowest BCUT2D eigenvalue weighted by Gasteiger charge is -2.07. The molecule has 3 aromatic heterocycles. The lowest BCUT2D eigenvalue weighted by atomic mass is 10.2. The van der Waals surface area contributed by atoms with E-state index in [2.05, 4.69) is 21.5 Å². The van der Waals surface area contributed by atoms with E-state index in [9.17, 15) is 9.18 Å². The van der Waals surface area contributed by atoms with Crippen molar-refractivity contribution < 1.29 is 13.6 Å². The average Bonchev–Trinajstić information content (AvgIpc) is 3.20. The van der Waals surface area contributed by atoms with Crippen molar-refractivity contribution in [3.63, 3.8) is 0 Å². The topological polar surface area (TPSA) is 73.0 Å². The van der Waals surface area contributed by atoms with Gasteiger partial charge in [0.2, 0.25) is 0 Å². The number of fused-ring (bicyclic) bond motifs is 1. The normalized spacial score (nSPS) is 13.8. The number of anilines is 1. The second kappa shape index (κ2) is 6.05. The van der Waals surface area contributed by atoms with Gasteiger partial charge in [-0.1, -0.05) is 0 Å². The van der Waals surface area contributed by atoms with Crippen LogP contribution in [0.25, 0.3) is 16.7 Å². The number of carbonyl (C=O) groups excluding carboxylic acids is 1. The summed E-state index contributed by atoms with van der Waals surface area (Å²) in [6, 6.07) is 9.56. The van der Waals surface area contributed by atoms with Crippen LogP contribution < -0.4 is 5.32 Å². The summed E-state index contributed by atoms with van der Waals surface area (Å²) in [5.74, 6) is -0.0789. The zero-order valence-corrected chi connectivity index (χ0v) is 14.2. The maximum absolute atomic E-state index is 14.4. The van der Waals surface area contributed by atoms with Gasteiger partial charge in [-0.3, -0.25) is 4.79 Å². The Morgan fingerprint density at radius 2 is 2.15 bits per heavy atom. The third-order valence-corrected chi connectivity index (χ3v) is 4.62. The molecule has 7 heteroatoms. The highest BCUT2D eigenvalue weighted by Crippen LogP contribution is 2.40. The van der Waals surface area contributed by atoms with E-state index in [1.165, 1.54) is 47.5 Å². The molecule has 1 aromatic carbocycles. The second-order valence-electron chi connectivity index (χ2n) is 6.63. The fourth-order valence-corrected chi connectivity index (χ4v) is 3.06. The Balaban J connectivity index is 1.48. The minimum Gasteiger partial charge on any atom is -0.459 e. The van der Waals surface area contributed by atoms with Gasteiger partial charge in [0.1, 0.15) is 11.5 Å². The Morgan fingerprint density at radius 3 is 2.93 bits per heavy atom. The highest BCUT2D eigenvalue weighted by molar-refractivity contribution is 6.02. The molecule has 1 saturated carbocycles. The lowest BCUT2D eigenvalue weighted by Crippen LogP contribution is -2.11. The van der Waals surface area contributed by atoms with Gasteiger partial charge in [0, 0.05) is 23.5 Å². The first-order valence-electron chi connectivity index (χ1n) is 8.67. The SMILES string of the molecule is O=C(Nc1ccc(F)c(-n2cc3cc(C4CC4)cnc3n2)c1)c1ccco1. The van der Waals surface area contributed by atoms with Crippen molar-refractivity contribution in [2.45, 2.75) is 18.8 Å². The van der Waals surface area contributed by atoms with Crippen LogP contribution in [0.1, 0.15) is 34.9 Å². The first-order chi connectivity index (χ1) is 13.2. The monoisotopic (exact) mass is 362 g/mol. The number of furan rings is 1. The molecule has 0 bridgehead atoms. The molecule has 0 saturated heterocycles. The second-order valence-corrected chi connectivity index (χ2v) is 6.63. The summed E-state index contributed by atoms with van der Waals surface area (Å²) in [5, 5.41) is 7.93. The van der Waals surface area contributed by atoms with E-state index in [4.69, 9.17) is 4.42 Å². The lowest BCUT2D eigenvalue weighted by molar-refractivity contribution is 0.0996.